The zero-order chi connectivity index (χ0) is 23.2. The number of oxazole rings is 1. The van der Waals surface area contributed by atoms with Crippen LogP contribution in [0.25, 0.3) is 11.1 Å². The number of rotatable bonds is 9. The number of fused-ring (bicyclic) bond motifs is 1. The first-order valence-corrected chi connectivity index (χ1v) is 11.6. The third-order valence-corrected chi connectivity index (χ3v) is 6.43. The van der Waals surface area contributed by atoms with Crippen molar-refractivity contribution in [2.75, 3.05) is 23.5 Å². The third kappa shape index (κ3) is 5.79. The van der Waals surface area contributed by atoms with E-state index in [9.17, 15) is 14.4 Å². The highest BCUT2D eigenvalue weighted by molar-refractivity contribution is 8.01. The van der Waals surface area contributed by atoms with Crippen LogP contribution in [0.1, 0.15) is 6.42 Å². The largest absolute Gasteiger partial charge is 0.497 e. The Bertz CT molecular complexity index is 1330. The summed E-state index contributed by atoms with van der Waals surface area (Å²) in [7, 11) is 1.58. The minimum Gasteiger partial charge on any atom is -0.497 e. The van der Waals surface area contributed by atoms with Gasteiger partial charge in [-0.2, -0.15) is 0 Å². The third-order valence-electron chi connectivity index (χ3n) is 4.46. The summed E-state index contributed by atoms with van der Waals surface area (Å²) in [5, 5.41) is 13.7. The van der Waals surface area contributed by atoms with Crippen molar-refractivity contribution in [3.8, 4) is 5.75 Å². The Morgan fingerprint density at radius 2 is 1.88 bits per heavy atom. The molecule has 4 rings (SSSR count). The lowest BCUT2D eigenvalue weighted by Gasteiger charge is -2.05. The molecule has 2 aromatic carbocycles. The van der Waals surface area contributed by atoms with Crippen LogP contribution in [0.15, 0.2) is 62.1 Å². The van der Waals surface area contributed by atoms with E-state index in [4.69, 9.17) is 9.15 Å². The Morgan fingerprint density at radius 3 is 2.67 bits per heavy atom. The highest BCUT2D eigenvalue weighted by Crippen LogP contribution is 2.26. The smallest absolute Gasteiger partial charge is 0.420 e. The molecule has 0 aliphatic rings. The standard InChI is InChI=1S/C21H19N5O5S2/c1-30-14-8-6-13(7-9-14)22-17(27)10-11-32-20-25-24-19(33-20)23-18(28)12-26-15-4-2-3-5-16(15)31-21(26)29/h2-9H,10-12H2,1H3,(H,22,27)(H,23,24,28). The van der Waals surface area contributed by atoms with Crippen LogP contribution in [-0.4, -0.2) is 39.4 Å². The molecule has 2 N–H and O–H groups in total. The Kier molecular flexibility index (Phi) is 7.05. The lowest BCUT2D eigenvalue weighted by molar-refractivity contribution is -0.117. The maximum Gasteiger partial charge on any atom is 0.420 e. The monoisotopic (exact) mass is 485 g/mol. The number of thioether (sulfide) groups is 1. The normalized spacial score (nSPS) is 10.8. The first-order valence-electron chi connectivity index (χ1n) is 9.80. The molecule has 170 valence electrons. The Balaban J connectivity index is 1.24. The van der Waals surface area contributed by atoms with Crippen molar-refractivity contribution in [1.82, 2.24) is 14.8 Å². The van der Waals surface area contributed by atoms with Crippen LogP contribution in [0.2, 0.25) is 0 Å². The number of nitrogens with zero attached hydrogens (tertiary/aromatic N) is 3. The molecule has 0 atom stereocenters. The van der Waals surface area contributed by atoms with Gasteiger partial charge in [0.1, 0.15) is 12.3 Å². The van der Waals surface area contributed by atoms with Crippen molar-refractivity contribution in [3.05, 3.63) is 59.1 Å². The Hall–Kier alpha value is -3.64. The number of hydrogen-bond donors (Lipinski definition) is 2. The second-order valence-corrected chi connectivity index (χ2v) is 9.04. The second-order valence-electron chi connectivity index (χ2n) is 6.72. The maximum absolute atomic E-state index is 12.4. The molecule has 0 unspecified atom stereocenters. The number of benzene rings is 2. The van der Waals surface area contributed by atoms with Gasteiger partial charge in [-0.05, 0) is 36.4 Å². The van der Waals surface area contributed by atoms with Crippen LogP contribution < -0.4 is 21.1 Å². The predicted molar refractivity (Wildman–Crippen MR) is 126 cm³/mol. The van der Waals surface area contributed by atoms with Crippen LogP contribution in [0, 0.1) is 0 Å². The summed E-state index contributed by atoms with van der Waals surface area (Å²) < 4.78 is 12.1. The van der Waals surface area contributed by atoms with Gasteiger partial charge in [-0.1, -0.05) is 35.2 Å². The molecule has 4 aromatic rings. The first-order chi connectivity index (χ1) is 16.0. The molecule has 2 amide bonds. The van der Waals surface area contributed by atoms with E-state index in [1.54, 1.807) is 55.6 Å². The van der Waals surface area contributed by atoms with Gasteiger partial charge in [0.25, 0.3) is 0 Å². The van der Waals surface area contributed by atoms with Crippen molar-refractivity contribution >= 4 is 56.8 Å². The number of anilines is 2. The van der Waals surface area contributed by atoms with Crippen LogP contribution in [0.4, 0.5) is 10.8 Å². The topological polar surface area (TPSA) is 128 Å². The SMILES string of the molecule is COc1ccc(NC(=O)CCSc2nnc(NC(=O)Cn3c(=O)oc4ccccc43)s2)cc1. The summed E-state index contributed by atoms with van der Waals surface area (Å²) in [6, 6.07) is 14.0. The fourth-order valence-electron chi connectivity index (χ4n) is 2.91. The summed E-state index contributed by atoms with van der Waals surface area (Å²) in [5.74, 6) is 0.0698. The van der Waals surface area contributed by atoms with E-state index in [1.165, 1.54) is 27.7 Å². The molecule has 0 aliphatic carbocycles. The minimum absolute atomic E-state index is 0.122. The first kappa shape index (κ1) is 22.6. The number of nitrogens with one attached hydrogen (secondary N) is 2. The molecule has 0 bridgehead atoms. The zero-order valence-electron chi connectivity index (χ0n) is 17.4. The van der Waals surface area contributed by atoms with Gasteiger partial charge in [-0.3, -0.25) is 19.5 Å². The summed E-state index contributed by atoms with van der Waals surface area (Å²) in [4.78, 5) is 36.5. The van der Waals surface area contributed by atoms with E-state index in [0.29, 0.717) is 37.8 Å². The fraction of sp³-hybridized carbons (Fsp3) is 0.190. The molecule has 0 radical (unpaired) electrons. The van der Waals surface area contributed by atoms with Crippen molar-refractivity contribution in [2.24, 2.45) is 0 Å². The number of methoxy groups -OCH3 is 1. The molecule has 10 nitrogen and oxygen atoms in total. The van der Waals surface area contributed by atoms with Crippen LogP contribution >= 0.6 is 23.1 Å². The van der Waals surface area contributed by atoms with Crippen LogP contribution in [0.3, 0.4) is 0 Å². The van der Waals surface area contributed by atoms with Gasteiger partial charge >= 0.3 is 5.76 Å². The second kappa shape index (κ2) is 10.3. The zero-order valence-corrected chi connectivity index (χ0v) is 19.1. The predicted octanol–water partition coefficient (Wildman–Crippen LogP) is 3.21. The number of aromatic nitrogens is 3. The average molecular weight is 486 g/mol. The number of ether oxygens (including phenoxy) is 1. The van der Waals surface area contributed by atoms with E-state index in [1.807, 2.05) is 0 Å². The maximum atomic E-state index is 12.4. The van der Waals surface area contributed by atoms with Crippen molar-refractivity contribution in [2.45, 2.75) is 17.3 Å². The van der Waals surface area contributed by atoms with Gasteiger partial charge in [0, 0.05) is 17.9 Å². The van der Waals surface area contributed by atoms with E-state index in [2.05, 4.69) is 20.8 Å². The molecule has 0 spiro atoms. The summed E-state index contributed by atoms with van der Waals surface area (Å²) in [5.41, 5.74) is 1.65. The van der Waals surface area contributed by atoms with E-state index < -0.39 is 11.7 Å². The fourth-order valence-corrected chi connectivity index (χ4v) is 4.69. The minimum atomic E-state index is -0.604. The van der Waals surface area contributed by atoms with Gasteiger partial charge in [0.05, 0.1) is 12.6 Å². The molecular weight excluding hydrogens is 466 g/mol. The number of amides is 2. The van der Waals surface area contributed by atoms with Gasteiger partial charge in [-0.15, -0.1) is 10.2 Å². The van der Waals surface area contributed by atoms with E-state index in [0.717, 1.165) is 0 Å². The Labute approximate surface area is 196 Å². The molecule has 33 heavy (non-hydrogen) atoms. The lowest BCUT2D eigenvalue weighted by atomic mass is 10.3. The molecule has 0 saturated carbocycles. The van der Waals surface area contributed by atoms with Crippen molar-refractivity contribution < 1.29 is 18.7 Å². The van der Waals surface area contributed by atoms with Crippen LogP contribution in [0.5, 0.6) is 5.75 Å². The van der Waals surface area contributed by atoms with Crippen molar-refractivity contribution in [3.63, 3.8) is 0 Å². The molecule has 0 fully saturated rings. The highest BCUT2D eigenvalue weighted by atomic mass is 32.2. The summed E-state index contributed by atoms with van der Waals surface area (Å²) in [6.07, 6.45) is 0.286. The van der Waals surface area contributed by atoms with E-state index >= 15 is 0 Å². The summed E-state index contributed by atoms with van der Waals surface area (Å²) in [6.45, 7) is -0.205. The van der Waals surface area contributed by atoms with Gasteiger partial charge in [0.15, 0.2) is 9.92 Å². The molecule has 0 saturated heterocycles. The number of carbonyl (C=O) groups excluding carboxylic acids is 2. The Morgan fingerprint density at radius 1 is 1.09 bits per heavy atom. The number of hydrogen-bond acceptors (Lipinski definition) is 9. The van der Waals surface area contributed by atoms with Crippen LogP contribution in [-0.2, 0) is 16.1 Å². The van der Waals surface area contributed by atoms with E-state index in [-0.39, 0.29) is 18.9 Å². The lowest BCUT2D eigenvalue weighted by Crippen LogP contribution is -2.24. The quantitative estimate of drug-likeness (QED) is 0.273. The van der Waals surface area contributed by atoms with Gasteiger partial charge in [-0.25, -0.2) is 4.79 Å². The van der Waals surface area contributed by atoms with Crippen molar-refractivity contribution in [1.29, 1.82) is 0 Å². The molecule has 0 aliphatic heterocycles. The molecule has 2 heterocycles. The number of para-hydroxylation sites is 2. The molecule has 2 aromatic heterocycles. The summed E-state index contributed by atoms with van der Waals surface area (Å²) >= 11 is 2.56. The molecule has 12 heteroatoms. The average Bonchev–Trinajstić information content (AvgIpc) is 3.38. The van der Waals surface area contributed by atoms with Gasteiger partial charge < -0.3 is 14.5 Å². The van der Waals surface area contributed by atoms with Gasteiger partial charge in [0.2, 0.25) is 16.9 Å². The number of carbonyl (C=O) groups is 2. The highest BCUT2D eigenvalue weighted by Gasteiger charge is 2.14. The molecular formula is C21H19N5O5S2.